The molecule has 0 saturated carbocycles. The fourth-order valence-corrected chi connectivity index (χ4v) is 4.05. The van der Waals surface area contributed by atoms with Gasteiger partial charge >= 0.3 is 0 Å². The maximum atomic E-state index is 12.3. The quantitative estimate of drug-likeness (QED) is 0.717. The molecule has 8 heteroatoms. The SMILES string of the molecule is CC(C)N(CCNS(=O)(=O)c1cc(Br)cnc1Cl)C(C)C. The summed E-state index contributed by atoms with van der Waals surface area (Å²) in [5, 5.41) is -0.0322. The Kier molecular flexibility index (Phi) is 7.06. The summed E-state index contributed by atoms with van der Waals surface area (Å²) in [6.07, 6.45) is 1.46. The Hall–Kier alpha value is -0.210. The molecule has 1 N–H and O–H groups in total. The Labute approximate surface area is 140 Å². The largest absolute Gasteiger partial charge is 0.297 e. The number of sulfonamides is 1. The van der Waals surface area contributed by atoms with Crippen LogP contribution in [0.25, 0.3) is 0 Å². The zero-order valence-electron chi connectivity index (χ0n) is 12.6. The van der Waals surface area contributed by atoms with Crippen molar-refractivity contribution < 1.29 is 8.42 Å². The molecule has 120 valence electrons. The van der Waals surface area contributed by atoms with Crippen LogP contribution in [0.2, 0.25) is 5.15 Å². The highest BCUT2D eigenvalue weighted by molar-refractivity contribution is 9.10. The predicted molar refractivity (Wildman–Crippen MR) is 89.1 cm³/mol. The lowest BCUT2D eigenvalue weighted by atomic mass is 10.2. The predicted octanol–water partition coefficient (Wildman–Crippen LogP) is 2.89. The average Bonchev–Trinajstić information content (AvgIpc) is 2.36. The molecule has 0 unspecified atom stereocenters. The van der Waals surface area contributed by atoms with E-state index in [1.54, 1.807) is 0 Å². The maximum Gasteiger partial charge on any atom is 0.243 e. The van der Waals surface area contributed by atoms with Gasteiger partial charge in [0.25, 0.3) is 0 Å². The van der Waals surface area contributed by atoms with E-state index < -0.39 is 10.0 Å². The van der Waals surface area contributed by atoms with Crippen LogP contribution in [-0.2, 0) is 10.0 Å². The highest BCUT2D eigenvalue weighted by Gasteiger charge is 2.20. The first-order valence-corrected chi connectivity index (χ1v) is 9.37. The first-order chi connectivity index (χ1) is 9.65. The molecule has 21 heavy (non-hydrogen) atoms. The molecule has 0 aromatic carbocycles. The van der Waals surface area contributed by atoms with Gasteiger partial charge in [0.1, 0.15) is 10.0 Å². The number of halogens is 2. The van der Waals surface area contributed by atoms with Gasteiger partial charge in [0, 0.05) is 35.8 Å². The molecule has 0 bridgehead atoms. The Morgan fingerprint density at radius 3 is 2.43 bits per heavy atom. The number of aromatic nitrogens is 1. The van der Waals surface area contributed by atoms with Crippen LogP contribution < -0.4 is 4.72 Å². The number of hydrogen-bond donors (Lipinski definition) is 1. The third-order valence-electron chi connectivity index (χ3n) is 3.05. The van der Waals surface area contributed by atoms with Gasteiger partial charge in [-0.15, -0.1) is 0 Å². The van der Waals surface area contributed by atoms with Crippen LogP contribution in [0.15, 0.2) is 21.6 Å². The minimum atomic E-state index is -3.66. The standard InChI is InChI=1S/C13H21BrClN3O2S/c1-9(2)18(10(3)4)6-5-17-21(19,20)12-7-11(14)8-16-13(12)15/h7-10,17H,5-6H2,1-4H3. The number of pyridine rings is 1. The molecule has 1 rings (SSSR count). The first-order valence-electron chi connectivity index (χ1n) is 6.71. The van der Waals surface area contributed by atoms with E-state index in [9.17, 15) is 8.42 Å². The Morgan fingerprint density at radius 2 is 1.90 bits per heavy atom. The summed E-state index contributed by atoms with van der Waals surface area (Å²) in [5.41, 5.74) is 0. The molecule has 1 heterocycles. The van der Waals surface area contributed by atoms with Crippen molar-refractivity contribution in [1.82, 2.24) is 14.6 Å². The molecule has 1 aromatic rings. The van der Waals surface area contributed by atoms with Crippen LogP contribution in [0.4, 0.5) is 0 Å². The zero-order valence-corrected chi connectivity index (χ0v) is 15.8. The fraction of sp³-hybridized carbons (Fsp3) is 0.615. The molecular formula is C13H21BrClN3O2S. The summed E-state index contributed by atoms with van der Waals surface area (Å²) in [6, 6.07) is 2.15. The third kappa shape index (κ3) is 5.49. The van der Waals surface area contributed by atoms with Crippen molar-refractivity contribution in [2.24, 2.45) is 0 Å². The van der Waals surface area contributed by atoms with Crippen LogP contribution in [0.3, 0.4) is 0 Å². The van der Waals surface area contributed by atoms with Crippen LogP contribution in [0.1, 0.15) is 27.7 Å². The number of hydrogen-bond acceptors (Lipinski definition) is 4. The van der Waals surface area contributed by atoms with Crippen LogP contribution in [-0.4, -0.2) is 43.5 Å². The fourth-order valence-electron chi connectivity index (χ4n) is 2.09. The summed E-state index contributed by atoms with van der Waals surface area (Å²) in [4.78, 5) is 6.03. The minimum Gasteiger partial charge on any atom is -0.297 e. The molecule has 0 radical (unpaired) electrons. The van der Waals surface area contributed by atoms with E-state index in [-0.39, 0.29) is 10.0 Å². The lowest BCUT2D eigenvalue weighted by Crippen LogP contribution is -2.42. The number of rotatable bonds is 7. The van der Waals surface area contributed by atoms with Crippen LogP contribution in [0, 0.1) is 0 Å². The van der Waals surface area contributed by atoms with E-state index in [1.165, 1.54) is 12.3 Å². The van der Waals surface area contributed by atoms with E-state index in [1.807, 2.05) is 0 Å². The van der Waals surface area contributed by atoms with Gasteiger partial charge < -0.3 is 0 Å². The van der Waals surface area contributed by atoms with Crippen molar-refractivity contribution in [3.63, 3.8) is 0 Å². The normalized spacial score (nSPS) is 12.6. The molecule has 1 aromatic heterocycles. The lowest BCUT2D eigenvalue weighted by Gasteiger charge is -2.30. The number of nitrogens with zero attached hydrogens (tertiary/aromatic N) is 2. The molecule has 0 fully saturated rings. The van der Waals surface area contributed by atoms with E-state index >= 15 is 0 Å². The van der Waals surface area contributed by atoms with Gasteiger partial charge in [0.05, 0.1) is 0 Å². The van der Waals surface area contributed by atoms with Gasteiger partial charge in [-0.05, 0) is 49.7 Å². The second-order valence-electron chi connectivity index (χ2n) is 5.27. The molecular weight excluding hydrogens is 378 g/mol. The Balaban J connectivity index is 2.76. The van der Waals surface area contributed by atoms with E-state index in [4.69, 9.17) is 11.6 Å². The van der Waals surface area contributed by atoms with E-state index in [2.05, 4.69) is 58.2 Å². The topological polar surface area (TPSA) is 62.3 Å². The molecule has 0 spiro atoms. The molecule has 0 atom stereocenters. The minimum absolute atomic E-state index is 0.0146. The van der Waals surface area contributed by atoms with Gasteiger partial charge in [-0.1, -0.05) is 11.6 Å². The van der Waals surface area contributed by atoms with Crippen molar-refractivity contribution in [3.05, 3.63) is 21.9 Å². The van der Waals surface area contributed by atoms with E-state index in [0.717, 1.165) is 0 Å². The molecule has 0 saturated heterocycles. The number of nitrogens with one attached hydrogen (secondary N) is 1. The average molecular weight is 399 g/mol. The molecule has 0 amide bonds. The monoisotopic (exact) mass is 397 g/mol. The van der Waals surface area contributed by atoms with Crippen molar-refractivity contribution in [2.45, 2.75) is 44.7 Å². The zero-order chi connectivity index (χ0) is 16.2. The molecule has 0 aliphatic heterocycles. The molecule has 0 aliphatic carbocycles. The second-order valence-corrected chi connectivity index (χ2v) is 8.27. The van der Waals surface area contributed by atoms with Crippen molar-refractivity contribution in [1.29, 1.82) is 0 Å². The molecule has 0 aliphatic rings. The summed E-state index contributed by atoms with van der Waals surface area (Å²) in [5.74, 6) is 0. The van der Waals surface area contributed by atoms with Gasteiger partial charge in [-0.2, -0.15) is 0 Å². The van der Waals surface area contributed by atoms with Gasteiger partial charge in [-0.3, -0.25) is 4.90 Å². The summed E-state index contributed by atoms with van der Waals surface area (Å²) in [6.45, 7) is 9.30. The van der Waals surface area contributed by atoms with E-state index in [0.29, 0.717) is 29.6 Å². The Bertz CT molecular complexity index is 571. The first kappa shape index (κ1) is 18.8. The Morgan fingerprint density at radius 1 is 1.33 bits per heavy atom. The summed E-state index contributed by atoms with van der Waals surface area (Å²) >= 11 is 9.06. The second kappa shape index (κ2) is 7.87. The summed E-state index contributed by atoms with van der Waals surface area (Å²) < 4.78 is 27.6. The maximum absolute atomic E-state index is 12.3. The highest BCUT2D eigenvalue weighted by atomic mass is 79.9. The van der Waals surface area contributed by atoms with Crippen molar-refractivity contribution in [2.75, 3.05) is 13.1 Å². The third-order valence-corrected chi connectivity index (χ3v) is 5.37. The van der Waals surface area contributed by atoms with Gasteiger partial charge in [-0.25, -0.2) is 18.1 Å². The van der Waals surface area contributed by atoms with Crippen molar-refractivity contribution in [3.8, 4) is 0 Å². The van der Waals surface area contributed by atoms with Gasteiger partial charge in [0.2, 0.25) is 10.0 Å². The highest BCUT2D eigenvalue weighted by Crippen LogP contribution is 2.22. The molecule has 5 nitrogen and oxygen atoms in total. The van der Waals surface area contributed by atoms with Crippen LogP contribution >= 0.6 is 27.5 Å². The lowest BCUT2D eigenvalue weighted by molar-refractivity contribution is 0.179. The van der Waals surface area contributed by atoms with Crippen LogP contribution in [0.5, 0.6) is 0 Å². The van der Waals surface area contributed by atoms with Gasteiger partial charge in [0.15, 0.2) is 0 Å². The summed E-state index contributed by atoms with van der Waals surface area (Å²) in [7, 11) is -3.66. The van der Waals surface area contributed by atoms with Crippen molar-refractivity contribution >= 4 is 37.6 Å². The smallest absolute Gasteiger partial charge is 0.243 e.